The minimum Gasteiger partial charge on any atom is -0.0985 e. The van der Waals surface area contributed by atoms with Gasteiger partial charge < -0.3 is 0 Å². The summed E-state index contributed by atoms with van der Waals surface area (Å²) in [5.41, 5.74) is 7.02. The highest BCUT2D eigenvalue weighted by atomic mass is 14.2. The van der Waals surface area contributed by atoms with Gasteiger partial charge in [0.2, 0.25) is 0 Å². The van der Waals surface area contributed by atoms with Crippen LogP contribution in [0.2, 0.25) is 0 Å². The summed E-state index contributed by atoms with van der Waals surface area (Å²) in [5, 5.41) is 5.60. The van der Waals surface area contributed by atoms with Gasteiger partial charge >= 0.3 is 0 Å². The third-order valence-corrected chi connectivity index (χ3v) is 5.86. The molecule has 0 heterocycles. The molecule has 0 nitrogen and oxygen atoms in total. The van der Waals surface area contributed by atoms with Crippen LogP contribution in [0.25, 0.3) is 27.6 Å². The van der Waals surface area contributed by atoms with Crippen LogP contribution in [0.15, 0.2) is 73.3 Å². The Labute approximate surface area is 154 Å². The number of aryl methyl sites for hydroxylation is 4. The first kappa shape index (κ1) is 15.4. The van der Waals surface area contributed by atoms with Gasteiger partial charge in [0, 0.05) is 0 Å². The fourth-order valence-electron chi connectivity index (χ4n) is 4.45. The van der Waals surface area contributed by atoms with Crippen molar-refractivity contribution in [2.45, 2.75) is 25.7 Å². The molecule has 26 heavy (non-hydrogen) atoms. The largest absolute Gasteiger partial charge is 0.0985 e. The van der Waals surface area contributed by atoms with E-state index in [2.05, 4.69) is 73.3 Å². The van der Waals surface area contributed by atoms with Gasteiger partial charge in [-0.05, 0) is 75.0 Å². The van der Waals surface area contributed by atoms with E-state index in [0.29, 0.717) is 0 Å². The molecule has 4 bridgehead atoms. The highest BCUT2D eigenvalue weighted by Crippen LogP contribution is 2.33. The van der Waals surface area contributed by atoms with E-state index >= 15 is 0 Å². The molecule has 0 saturated heterocycles. The van der Waals surface area contributed by atoms with Gasteiger partial charge in [0.25, 0.3) is 0 Å². The lowest BCUT2D eigenvalue weighted by atomic mass is 9.87. The van der Waals surface area contributed by atoms with E-state index in [4.69, 9.17) is 0 Å². The van der Waals surface area contributed by atoms with Crippen molar-refractivity contribution >= 4 is 27.6 Å². The standard InChI is InChI=1S/C26H22/c1-2-19-17-18-7-9-20(19)11-13-23-14-12-22(10-8-18)25-16-15-21-5-3-4-6-24(21)26(23)25/h2-7,9,12,14-17H,1,8,10-11,13H2. The Bertz CT molecular complexity index is 1150. The van der Waals surface area contributed by atoms with Crippen LogP contribution in [0.4, 0.5) is 0 Å². The van der Waals surface area contributed by atoms with Crippen LogP contribution >= 0.6 is 0 Å². The zero-order valence-corrected chi connectivity index (χ0v) is 15.0. The molecule has 0 saturated carbocycles. The maximum absolute atomic E-state index is 4.03. The molecule has 0 fully saturated rings. The predicted molar refractivity (Wildman–Crippen MR) is 113 cm³/mol. The lowest BCUT2D eigenvalue weighted by Gasteiger charge is -2.17. The Morgan fingerprint density at radius 1 is 0.654 bits per heavy atom. The number of rotatable bonds is 1. The van der Waals surface area contributed by atoms with Crippen LogP contribution in [0.5, 0.6) is 0 Å². The zero-order valence-electron chi connectivity index (χ0n) is 15.0. The van der Waals surface area contributed by atoms with E-state index in [9.17, 15) is 0 Å². The van der Waals surface area contributed by atoms with Gasteiger partial charge in [-0.15, -0.1) is 0 Å². The third-order valence-electron chi connectivity index (χ3n) is 5.86. The van der Waals surface area contributed by atoms with Crippen LogP contribution in [-0.4, -0.2) is 0 Å². The molecule has 4 aliphatic carbocycles. The molecule has 0 aliphatic heterocycles. The van der Waals surface area contributed by atoms with Gasteiger partial charge in [0.15, 0.2) is 0 Å². The molecule has 126 valence electrons. The average molecular weight is 334 g/mol. The Morgan fingerprint density at radius 2 is 1.42 bits per heavy atom. The maximum atomic E-state index is 4.03. The highest BCUT2D eigenvalue weighted by Gasteiger charge is 2.12. The van der Waals surface area contributed by atoms with Crippen molar-refractivity contribution in [1.29, 1.82) is 0 Å². The first-order valence-corrected chi connectivity index (χ1v) is 9.50. The Hall–Kier alpha value is -2.86. The number of hydrogen-bond acceptors (Lipinski definition) is 0. The molecule has 0 atom stereocenters. The first-order valence-electron chi connectivity index (χ1n) is 9.50. The molecule has 0 unspecified atom stereocenters. The second kappa shape index (κ2) is 6.14. The average Bonchev–Trinajstić information content (AvgIpc) is 2.69. The molecule has 0 amide bonds. The summed E-state index contributed by atoms with van der Waals surface area (Å²) in [6.45, 7) is 4.03. The van der Waals surface area contributed by atoms with E-state index in [-0.39, 0.29) is 0 Å². The molecule has 8 rings (SSSR count). The molecule has 4 aromatic rings. The number of benzene rings is 4. The van der Waals surface area contributed by atoms with E-state index in [0.717, 1.165) is 25.7 Å². The van der Waals surface area contributed by atoms with Crippen molar-refractivity contribution in [1.82, 2.24) is 0 Å². The molecule has 0 N–H and O–H groups in total. The Balaban J connectivity index is 1.78. The van der Waals surface area contributed by atoms with Gasteiger partial charge in [-0.2, -0.15) is 0 Å². The highest BCUT2D eigenvalue weighted by molar-refractivity contribution is 6.10. The van der Waals surface area contributed by atoms with Crippen LogP contribution < -0.4 is 0 Å². The minimum absolute atomic E-state index is 1.05. The van der Waals surface area contributed by atoms with E-state index in [1.165, 1.54) is 49.4 Å². The van der Waals surface area contributed by atoms with Gasteiger partial charge in [-0.25, -0.2) is 0 Å². The second-order valence-corrected chi connectivity index (χ2v) is 7.33. The summed E-state index contributed by atoms with van der Waals surface area (Å²) < 4.78 is 0. The normalized spacial score (nSPS) is 13.7. The maximum Gasteiger partial charge on any atom is -0.00704 e. The van der Waals surface area contributed by atoms with Crippen LogP contribution in [0, 0.1) is 0 Å². The Morgan fingerprint density at radius 3 is 2.35 bits per heavy atom. The first-order chi connectivity index (χ1) is 12.8. The SMILES string of the molecule is C=Cc1cc2ccc1CCc1ccc(c3ccc4ccccc4c13)CC2. The molecule has 0 spiro atoms. The summed E-state index contributed by atoms with van der Waals surface area (Å²) in [7, 11) is 0. The summed E-state index contributed by atoms with van der Waals surface area (Å²) in [5.74, 6) is 0. The lowest BCUT2D eigenvalue weighted by Crippen LogP contribution is -2.02. The molecule has 0 heteroatoms. The Kier molecular flexibility index (Phi) is 3.64. The van der Waals surface area contributed by atoms with Gasteiger partial charge in [-0.3, -0.25) is 0 Å². The zero-order chi connectivity index (χ0) is 17.5. The van der Waals surface area contributed by atoms with E-state index in [1.807, 2.05) is 6.08 Å². The van der Waals surface area contributed by atoms with Crippen LogP contribution in [0.3, 0.4) is 0 Å². The minimum atomic E-state index is 1.05. The fraction of sp³-hybridized carbons (Fsp3) is 0.154. The van der Waals surface area contributed by atoms with Crippen molar-refractivity contribution in [3.63, 3.8) is 0 Å². The number of hydrogen-bond donors (Lipinski definition) is 0. The molecule has 4 aromatic carbocycles. The van der Waals surface area contributed by atoms with Crippen molar-refractivity contribution in [3.05, 3.63) is 101 Å². The number of fused-ring (bicyclic) bond motifs is 1. The lowest BCUT2D eigenvalue weighted by molar-refractivity contribution is 0.932. The fourth-order valence-corrected chi connectivity index (χ4v) is 4.45. The predicted octanol–water partition coefficient (Wildman–Crippen LogP) is 6.52. The molecule has 0 radical (unpaired) electrons. The van der Waals surface area contributed by atoms with Crippen molar-refractivity contribution in [2.24, 2.45) is 0 Å². The van der Waals surface area contributed by atoms with Gasteiger partial charge in [0.05, 0.1) is 0 Å². The van der Waals surface area contributed by atoms with E-state index in [1.54, 1.807) is 0 Å². The molecule has 4 aliphatic rings. The molecular formula is C26H22. The summed E-state index contributed by atoms with van der Waals surface area (Å²) in [4.78, 5) is 0. The van der Waals surface area contributed by atoms with E-state index < -0.39 is 0 Å². The van der Waals surface area contributed by atoms with Crippen LogP contribution in [0.1, 0.15) is 27.8 Å². The third kappa shape index (κ3) is 2.45. The topological polar surface area (TPSA) is 0 Å². The van der Waals surface area contributed by atoms with Crippen molar-refractivity contribution in [2.75, 3.05) is 0 Å². The van der Waals surface area contributed by atoms with Gasteiger partial charge in [-0.1, -0.05) is 79.4 Å². The smallest absolute Gasteiger partial charge is 0.00704 e. The monoisotopic (exact) mass is 334 g/mol. The quantitative estimate of drug-likeness (QED) is 0.348. The van der Waals surface area contributed by atoms with Crippen molar-refractivity contribution in [3.8, 4) is 0 Å². The molecular weight excluding hydrogens is 312 g/mol. The van der Waals surface area contributed by atoms with Crippen molar-refractivity contribution < 1.29 is 0 Å². The second-order valence-electron chi connectivity index (χ2n) is 7.33. The van der Waals surface area contributed by atoms with Gasteiger partial charge in [0.1, 0.15) is 0 Å². The summed E-state index contributed by atoms with van der Waals surface area (Å²) >= 11 is 0. The molecule has 0 aromatic heterocycles. The van der Waals surface area contributed by atoms with Crippen LogP contribution in [-0.2, 0) is 25.7 Å². The summed E-state index contributed by atoms with van der Waals surface area (Å²) in [6, 6.07) is 25.1. The summed E-state index contributed by atoms with van der Waals surface area (Å²) in [6.07, 6.45) is 6.28.